The van der Waals surface area contributed by atoms with Crippen molar-refractivity contribution in [1.29, 1.82) is 0 Å². The second kappa shape index (κ2) is 12.4. The SMILES string of the molecule is CC(C)(C)c1ccc(C(c2ccccc2)(c2ccc(OCCOCCO)cc2)c2ccc(C(C)(C)C)cc2)cc1. The van der Waals surface area contributed by atoms with E-state index in [-0.39, 0.29) is 17.4 Å². The van der Waals surface area contributed by atoms with Gasteiger partial charge in [0.05, 0.1) is 25.2 Å². The van der Waals surface area contributed by atoms with Crippen molar-refractivity contribution in [2.24, 2.45) is 0 Å². The van der Waals surface area contributed by atoms with Gasteiger partial charge in [0, 0.05) is 0 Å². The van der Waals surface area contributed by atoms with E-state index in [2.05, 4.69) is 133 Å². The summed E-state index contributed by atoms with van der Waals surface area (Å²) in [5.41, 5.74) is 7.09. The van der Waals surface area contributed by atoms with E-state index in [1.807, 2.05) is 12.1 Å². The fourth-order valence-corrected chi connectivity index (χ4v) is 5.31. The molecule has 1 N–H and O–H groups in total. The van der Waals surface area contributed by atoms with Crippen molar-refractivity contribution in [2.45, 2.75) is 57.8 Å². The van der Waals surface area contributed by atoms with Gasteiger partial charge in [-0.15, -0.1) is 0 Å². The monoisotopic (exact) mass is 536 g/mol. The van der Waals surface area contributed by atoms with Crippen molar-refractivity contribution in [1.82, 2.24) is 0 Å². The molecule has 40 heavy (non-hydrogen) atoms. The van der Waals surface area contributed by atoms with Gasteiger partial charge < -0.3 is 14.6 Å². The van der Waals surface area contributed by atoms with Crippen LogP contribution in [0.4, 0.5) is 0 Å². The Kier molecular flexibility index (Phi) is 9.18. The quantitative estimate of drug-likeness (QED) is 0.165. The molecule has 0 fully saturated rings. The topological polar surface area (TPSA) is 38.7 Å². The molecule has 0 bridgehead atoms. The Morgan fingerprint density at radius 2 is 0.875 bits per heavy atom. The van der Waals surface area contributed by atoms with Gasteiger partial charge in [-0.25, -0.2) is 0 Å². The molecule has 0 unspecified atom stereocenters. The Labute approximate surface area is 240 Å². The van der Waals surface area contributed by atoms with Gasteiger partial charge in [0.25, 0.3) is 0 Å². The highest BCUT2D eigenvalue weighted by molar-refractivity contribution is 5.61. The molecule has 0 aliphatic rings. The predicted molar refractivity (Wildman–Crippen MR) is 166 cm³/mol. The first-order valence-corrected chi connectivity index (χ1v) is 14.3. The standard InChI is InChI=1S/C37H44O3/c1-35(2,3)28-12-16-31(17-13-28)37(30-10-8-7-9-11-30,32-18-14-29(15-19-32)36(4,5)6)33-20-22-34(23-21-33)40-27-26-39-25-24-38/h7-23,38H,24-27H2,1-6H3. The lowest BCUT2D eigenvalue weighted by atomic mass is 9.64. The molecule has 0 aromatic heterocycles. The third-order valence-electron chi connectivity index (χ3n) is 7.59. The first-order valence-electron chi connectivity index (χ1n) is 14.3. The molecule has 0 amide bonds. The summed E-state index contributed by atoms with van der Waals surface area (Å²) in [6.07, 6.45) is 0. The van der Waals surface area contributed by atoms with E-state index in [4.69, 9.17) is 14.6 Å². The summed E-state index contributed by atoms with van der Waals surface area (Å²) in [5.74, 6) is 0.796. The summed E-state index contributed by atoms with van der Waals surface area (Å²) in [4.78, 5) is 0. The molecule has 0 spiro atoms. The number of hydrogen-bond acceptors (Lipinski definition) is 3. The molecule has 4 aromatic rings. The van der Waals surface area contributed by atoms with Crippen molar-refractivity contribution in [3.63, 3.8) is 0 Å². The first kappa shape index (κ1) is 29.6. The number of rotatable bonds is 10. The molecule has 0 saturated heterocycles. The number of hydrogen-bond donors (Lipinski definition) is 1. The molecule has 0 atom stereocenters. The van der Waals surface area contributed by atoms with Crippen LogP contribution in [-0.2, 0) is 21.0 Å². The van der Waals surface area contributed by atoms with Gasteiger partial charge in [-0.1, -0.05) is 133 Å². The van der Waals surface area contributed by atoms with Crippen molar-refractivity contribution in [2.75, 3.05) is 26.4 Å². The van der Waals surface area contributed by atoms with Gasteiger partial charge in [-0.05, 0) is 56.3 Å². The molecule has 3 nitrogen and oxygen atoms in total. The second-order valence-corrected chi connectivity index (χ2v) is 12.5. The maximum Gasteiger partial charge on any atom is 0.119 e. The van der Waals surface area contributed by atoms with E-state index in [0.29, 0.717) is 19.8 Å². The molecular formula is C37H44O3. The Morgan fingerprint density at radius 3 is 1.30 bits per heavy atom. The van der Waals surface area contributed by atoms with Gasteiger partial charge in [-0.3, -0.25) is 0 Å². The van der Waals surface area contributed by atoms with E-state index in [1.165, 1.54) is 33.4 Å². The summed E-state index contributed by atoms with van der Waals surface area (Å²) < 4.78 is 11.3. The molecule has 4 aromatic carbocycles. The maximum absolute atomic E-state index is 8.92. The summed E-state index contributed by atoms with van der Waals surface area (Å²) in [6.45, 7) is 14.7. The average molecular weight is 537 g/mol. The zero-order chi connectivity index (χ0) is 28.8. The smallest absolute Gasteiger partial charge is 0.119 e. The van der Waals surface area contributed by atoms with Crippen molar-refractivity contribution >= 4 is 0 Å². The normalized spacial score (nSPS) is 12.4. The average Bonchev–Trinajstić information content (AvgIpc) is 2.94. The molecular weight excluding hydrogens is 492 g/mol. The van der Waals surface area contributed by atoms with Crippen molar-refractivity contribution < 1.29 is 14.6 Å². The van der Waals surface area contributed by atoms with Crippen LogP contribution in [0.15, 0.2) is 103 Å². The number of ether oxygens (including phenoxy) is 2. The Bertz CT molecular complexity index is 1270. The van der Waals surface area contributed by atoms with Crippen LogP contribution in [-0.4, -0.2) is 31.5 Å². The number of aliphatic hydroxyl groups is 1. The number of aliphatic hydroxyl groups excluding tert-OH is 1. The largest absolute Gasteiger partial charge is 0.491 e. The fourth-order valence-electron chi connectivity index (χ4n) is 5.31. The minimum atomic E-state index is -0.517. The molecule has 4 rings (SSSR count). The lowest BCUT2D eigenvalue weighted by Gasteiger charge is -2.37. The third kappa shape index (κ3) is 6.49. The molecule has 210 valence electrons. The van der Waals surface area contributed by atoms with Crippen LogP contribution in [0, 0.1) is 0 Å². The highest BCUT2D eigenvalue weighted by Gasteiger charge is 2.38. The lowest BCUT2D eigenvalue weighted by molar-refractivity contribution is 0.0705. The van der Waals surface area contributed by atoms with Crippen LogP contribution >= 0.6 is 0 Å². The molecule has 0 aliphatic carbocycles. The van der Waals surface area contributed by atoms with Gasteiger partial charge in [0.1, 0.15) is 12.4 Å². The van der Waals surface area contributed by atoms with Crippen LogP contribution in [0.3, 0.4) is 0 Å². The van der Waals surface area contributed by atoms with Crippen LogP contribution in [0.1, 0.15) is 74.9 Å². The van der Waals surface area contributed by atoms with Crippen LogP contribution in [0.25, 0.3) is 0 Å². The van der Waals surface area contributed by atoms with E-state index >= 15 is 0 Å². The fraction of sp³-hybridized carbons (Fsp3) is 0.351. The van der Waals surface area contributed by atoms with Crippen molar-refractivity contribution in [3.05, 3.63) is 137 Å². The third-order valence-corrected chi connectivity index (χ3v) is 7.59. The van der Waals surface area contributed by atoms with Gasteiger partial charge in [-0.2, -0.15) is 0 Å². The zero-order valence-corrected chi connectivity index (χ0v) is 24.9. The van der Waals surface area contributed by atoms with E-state index in [1.54, 1.807) is 0 Å². The Morgan fingerprint density at radius 1 is 0.475 bits per heavy atom. The lowest BCUT2D eigenvalue weighted by Crippen LogP contribution is -2.31. The summed E-state index contributed by atoms with van der Waals surface area (Å²) >= 11 is 0. The van der Waals surface area contributed by atoms with E-state index < -0.39 is 5.41 Å². The minimum absolute atomic E-state index is 0.0176. The van der Waals surface area contributed by atoms with Crippen LogP contribution in [0.5, 0.6) is 5.75 Å². The first-order chi connectivity index (χ1) is 19.1. The highest BCUT2D eigenvalue weighted by atomic mass is 16.5. The summed E-state index contributed by atoms with van der Waals surface area (Å²) in [7, 11) is 0. The van der Waals surface area contributed by atoms with Crippen molar-refractivity contribution in [3.8, 4) is 5.75 Å². The molecule has 0 heterocycles. The molecule has 0 saturated carbocycles. The van der Waals surface area contributed by atoms with Gasteiger partial charge >= 0.3 is 0 Å². The van der Waals surface area contributed by atoms with Crippen LogP contribution in [0.2, 0.25) is 0 Å². The predicted octanol–water partition coefficient (Wildman–Crippen LogP) is 8.05. The summed E-state index contributed by atoms with van der Waals surface area (Å²) in [5, 5.41) is 8.92. The molecule has 3 heteroatoms. The Balaban J connectivity index is 1.88. The number of benzene rings is 4. The van der Waals surface area contributed by atoms with Gasteiger partial charge in [0.15, 0.2) is 0 Å². The molecule has 0 aliphatic heterocycles. The minimum Gasteiger partial charge on any atom is -0.491 e. The highest BCUT2D eigenvalue weighted by Crippen LogP contribution is 2.46. The molecule has 0 radical (unpaired) electrons. The Hall–Kier alpha value is -3.40. The second-order valence-electron chi connectivity index (χ2n) is 12.5. The zero-order valence-electron chi connectivity index (χ0n) is 24.9. The summed E-state index contributed by atoms with van der Waals surface area (Å²) in [6, 6.07) is 37.6. The van der Waals surface area contributed by atoms with E-state index in [9.17, 15) is 0 Å². The van der Waals surface area contributed by atoms with Gasteiger partial charge in [0.2, 0.25) is 0 Å². The van der Waals surface area contributed by atoms with E-state index in [0.717, 1.165) is 5.75 Å². The maximum atomic E-state index is 8.92. The van der Waals surface area contributed by atoms with Crippen LogP contribution < -0.4 is 4.74 Å².